The molecule has 2 rings (SSSR count). The Morgan fingerprint density at radius 2 is 2.21 bits per heavy atom. The summed E-state index contributed by atoms with van der Waals surface area (Å²) in [7, 11) is 0. The second-order valence-corrected chi connectivity index (χ2v) is 5.07. The van der Waals surface area contributed by atoms with E-state index in [0.717, 1.165) is 12.8 Å². The van der Waals surface area contributed by atoms with Gasteiger partial charge in [-0.05, 0) is 25.8 Å². The van der Waals surface area contributed by atoms with Gasteiger partial charge < -0.3 is 10.4 Å². The molecule has 0 unspecified atom stereocenters. The van der Waals surface area contributed by atoms with Gasteiger partial charge in [-0.25, -0.2) is 0 Å². The molecule has 0 saturated heterocycles. The van der Waals surface area contributed by atoms with Crippen LogP contribution in [0.1, 0.15) is 28.8 Å². The largest absolute Gasteiger partial charge is 0.396 e. The Balaban J connectivity index is 2.15. The Morgan fingerprint density at radius 1 is 1.53 bits per heavy atom. The highest BCUT2D eigenvalue weighted by atomic mass is 16.6. The van der Waals surface area contributed by atoms with Crippen LogP contribution < -0.4 is 5.32 Å². The number of hydrogen-bond acceptors (Lipinski definition) is 4. The molecular formula is C13H16N2O4. The lowest BCUT2D eigenvalue weighted by molar-refractivity contribution is -0.385. The molecule has 0 spiro atoms. The molecular weight excluding hydrogens is 248 g/mol. The number of nitro groups is 1. The SMILES string of the molecule is Cc1cccc(C(=O)NCC2(CO)CC2)c1[N+](=O)[O-]. The first-order chi connectivity index (χ1) is 8.99. The average molecular weight is 264 g/mol. The second kappa shape index (κ2) is 4.97. The van der Waals surface area contributed by atoms with Gasteiger partial charge >= 0.3 is 0 Å². The smallest absolute Gasteiger partial charge is 0.285 e. The number of hydrogen-bond donors (Lipinski definition) is 2. The van der Waals surface area contributed by atoms with Gasteiger partial charge in [-0.1, -0.05) is 12.1 Å². The van der Waals surface area contributed by atoms with E-state index < -0.39 is 10.8 Å². The number of amides is 1. The van der Waals surface area contributed by atoms with E-state index in [9.17, 15) is 14.9 Å². The fraction of sp³-hybridized carbons (Fsp3) is 0.462. The molecule has 1 aliphatic carbocycles. The van der Waals surface area contributed by atoms with Crippen molar-refractivity contribution in [3.8, 4) is 0 Å². The number of nitro benzene ring substituents is 1. The molecule has 0 atom stereocenters. The van der Waals surface area contributed by atoms with E-state index in [1.807, 2.05) is 0 Å². The maximum Gasteiger partial charge on any atom is 0.285 e. The number of carbonyl (C=O) groups excluding carboxylic acids is 1. The molecule has 6 heteroatoms. The van der Waals surface area contributed by atoms with Gasteiger partial charge in [-0.15, -0.1) is 0 Å². The third kappa shape index (κ3) is 2.73. The number of para-hydroxylation sites is 1. The quantitative estimate of drug-likeness (QED) is 0.621. The molecule has 1 aromatic rings. The van der Waals surface area contributed by atoms with Crippen LogP contribution in [-0.2, 0) is 0 Å². The molecule has 0 heterocycles. The number of nitrogens with one attached hydrogen (secondary N) is 1. The summed E-state index contributed by atoms with van der Waals surface area (Å²) in [6.07, 6.45) is 1.75. The van der Waals surface area contributed by atoms with Crippen molar-refractivity contribution in [2.75, 3.05) is 13.2 Å². The van der Waals surface area contributed by atoms with Crippen molar-refractivity contribution in [1.29, 1.82) is 0 Å². The summed E-state index contributed by atoms with van der Waals surface area (Å²) in [5.41, 5.74) is 0.155. The molecule has 6 nitrogen and oxygen atoms in total. The van der Waals surface area contributed by atoms with E-state index in [4.69, 9.17) is 5.11 Å². The average Bonchev–Trinajstić information content (AvgIpc) is 3.16. The Hall–Kier alpha value is -1.95. The van der Waals surface area contributed by atoms with Crippen LogP contribution >= 0.6 is 0 Å². The molecule has 1 aliphatic rings. The van der Waals surface area contributed by atoms with Crippen molar-refractivity contribution in [2.45, 2.75) is 19.8 Å². The number of aliphatic hydroxyl groups excluding tert-OH is 1. The van der Waals surface area contributed by atoms with E-state index in [2.05, 4.69) is 5.32 Å². The summed E-state index contributed by atoms with van der Waals surface area (Å²) in [5.74, 6) is -0.463. The maximum absolute atomic E-state index is 12.0. The molecule has 1 aromatic carbocycles. The summed E-state index contributed by atoms with van der Waals surface area (Å²) in [6, 6.07) is 4.67. The van der Waals surface area contributed by atoms with E-state index in [0.29, 0.717) is 12.1 Å². The molecule has 19 heavy (non-hydrogen) atoms. The van der Waals surface area contributed by atoms with E-state index in [-0.39, 0.29) is 23.3 Å². The lowest BCUT2D eigenvalue weighted by atomic mass is 10.1. The number of nitrogens with zero attached hydrogens (tertiary/aromatic N) is 1. The van der Waals surface area contributed by atoms with Crippen LogP contribution in [0, 0.1) is 22.5 Å². The van der Waals surface area contributed by atoms with Crippen LogP contribution in [-0.4, -0.2) is 29.1 Å². The fourth-order valence-electron chi connectivity index (χ4n) is 2.02. The first kappa shape index (κ1) is 13.5. The number of aliphatic hydroxyl groups is 1. The zero-order valence-electron chi connectivity index (χ0n) is 10.7. The van der Waals surface area contributed by atoms with Gasteiger partial charge in [0.15, 0.2) is 0 Å². The topological polar surface area (TPSA) is 92.5 Å². The van der Waals surface area contributed by atoms with E-state index >= 15 is 0 Å². The van der Waals surface area contributed by atoms with Gasteiger partial charge in [0.05, 0.1) is 11.5 Å². The summed E-state index contributed by atoms with van der Waals surface area (Å²) in [6.45, 7) is 1.99. The third-order valence-corrected chi connectivity index (χ3v) is 3.58. The van der Waals surface area contributed by atoms with Crippen LogP contribution in [0.3, 0.4) is 0 Å². The molecule has 1 saturated carbocycles. The molecule has 0 aliphatic heterocycles. The fourth-order valence-corrected chi connectivity index (χ4v) is 2.02. The molecule has 1 fully saturated rings. The Kier molecular flexibility index (Phi) is 3.53. The lowest BCUT2D eigenvalue weighted by Gasteiger charge is -2.13. The predicted octanol–water partition coefficient (Wildman–Crippen LogP) is 1.41. The summed E-state index contributed by atoms with van der Waals surface area (Å²) >= 11 is 0. The zero-order valence-corrected chi connectivity index (χ0v) is 10.7. The monoisotopic (exact) mass is 264 g/mol. The van der Waals surface area contributed by atoms with Crippen molar-refractivity contribution in [3.05, 3.63) is 39.4 Å². The zero-order chi connectivity index (χ0) is 14.0. The first-order valence-electron chi connectivity index (χ1n) is 6.12. The minimum Gasteiger partial charge on any atom is -0.396 e. The van der Waals surface area contributed by atoms with Crippen LogP contribution in [0.2, 0.25) is 0 Å². The van der Waals surface area contributed by atoms with Crippen LogP contribution in [0.25, 0.3) is 0 Å². The second-order valence-electron chi connectivity index (χ2n) is 5.07. The Bertz CT molecular complexity index is 523. The number of aryl methyl sites for hydroxylation is 1. The highest BCUT2D eigenvalue weighted by molar-refractivity contribution is 5.98. The van der Waals surface area contributed by atoms with Crippen LogP contribution in [0.4, 0.5) is 5.69 Å². The van der Waals surface area contributed by atoms with Gasteiger partial charge in [-0.2, -0.15) is 0 Å². The van der Waals surface area contributed by atoms with Crippen molar-refractivity contribution in [2.24, 2.45) is 5.41 Å². The van der Waals surface area contributed by atoms with Crippen molar-refractivity contribution < 1.29 is 14.8 Å². The third-order valence-electron chi connectivity index (χ3n) is 3.58. The normalized spacial score (nSPS) is 15.9. The first-order valence-corrected chi connectivity index (χ1v) is 6.12. The van der Waals surface area contributed by atoms with Crippen LogP contribution in [0.5, 0.6) is 0 Å². The van der Waals surface area contributed by atoms with Gasteiger partial charge in [0.2, 0.25) is 0 Å². The molecule has 0 bridgehead atoms. The van der Waals surface area contributed by atoms with Gasteiger partial charge in [-0.3, -0.25) is 14.9 Å². The molecule has 2 N–H and O–H groups in total. The maximum atomic E-state index is 12.0. The number of benzene rings is 1. The Labute approximate surface area is 110 Å². The summed E-state index contributed by atoms with van der Waals surface area (Å²) < 4.78 is 0. The molecule has 1 amide bonds. The van der Waals surface area contributed by atoms with Crippen molar-refractivity contribution in [3.63, 3.8) is 0 Å². The lowest BCUT2D eigenvalue weighted by Crippen LogP contribution is -2.32. The predicted molar refractivity (Wildman–Crippen MR) is 68.9 cm³/mol. The van der Waals surface area contributed by atoms with E-state index in [1.54, 1.807) is 19.1 Å². The number of carbonyl (C=O) groups is 1. The van der Waals surface area contributed by atoms with E-state index in [1.165, 1.54) is 6.07 Å². The summed E-state index contributed by atoms with van der Waals surface area (Å²) in [5, 5.41) is 22.8. The van der Waals surface area contributed by atoms with Crippen LogP contribution in [0.15, 0.2) is 18.2 Å². The highest BCUT2D eigenvalue weighted by Gasteiger charge is 2.42. The van der Waals surface area contributed by atoms with Crippen molar-refractivity contribution in [1.82, 2.24) is 5.32 Å². The van der Waals surface area contributed by atoms with Gasteiger partial charge in [0.25, 0.3) is 11.6 Å². The van der Waals surface area contributed by atoms with Gasteiger partial charge in [0, 0.05) is 17.5 Å². The highest BCUT2D eigenvalue weighted by Crippen LogP contribution is 2.44. The Morgan fingerprint density at radius 3 is 2.74 bits per heavy atom. The van der Waals surface area contributed by atoms with Gasteiger partial charge in [0.1, 0.15) is 5.56 Å². The molecule has 102 valence electrons. The minimum atomic E-state index is -0.539. The summed E-state index contributed by atoms with van der Waals surface area (Å²) in [4.78, 5) is 22.5. The minimum absolute atomic E-state index is 0.0309. The molecule has 0 aromatic heterocycles. The standard InChI is InChI=1S/C13H16N2O4/c1-9-3-2-4-10(11(9)15(18)19)12(17)14-7-13(8-16)5-6-13/h2-4,16H,5-8H2,1H3,(H,14,17). The molecule has 0 radical (unpaired) electrons. The number of rotatable bonds is 5. The van der Waals surface area contributed by atoms with Crippen molar-refractivity contribution >= 4 is 11.6 Å².